The van der Waals surface area contributed by atoms with Gasteiger partial charge in [0.25, 0.3) is 0 Å². The van der Waals surface area contributed by atoms with Crippen molar-refractivity contribution in [3.8, 4) is 0 Å². The molecule has 0 unspecified atom stereocenters. The Kier molecular flexibility index (Phi) is 1.25. The first-order valence-electron chi connectivity index (χ1n) is 4.19. The monoisotopic (exact) mass is 153 g/mol. The summed E-state index contributed by atoms with van der Waals surface area (Å²) in [4.78, 5) is 0. The second-order valence-electron chi connectivity index (χ2n) is 4.24. The molecule has 0 aromatic rings. The van der Waals surface area contributed by atoms with Gasteiger partial charge < -0.3 is 5.11 Å². The van der Waals surface area contributed by atoms with Crippen LogP contribution in [0.25, 0.3) is 0 Å². The summed E-state index contributed by atoms with van der Waals surface area (Å²) in [5, 5.41) is 12.6. The van der Waals surface area contributed by atoms with Crippen LogP contribution in [0.1, 0.15) is 20.3 Å². The average Bonchev–Trinajstić information content (AvgIpc) is 2.36. The molecule has 2 rings (SSSR count). The van der Waals surface area contributed by atoms with Gasteiger partial charge in [-0.2, -0.15) is 0 Å². The van der Waals surface area contributed by atoms with Crippen molar-refractivity contribution in [1.82, 2.24) is 5.32 Å². The number of hydrogen-bond donors (Lipinski definition) is 2. The number of hydrogen-bond acceptors (Lipinski definition) is 2. The maximum Gasteiger partial charge on any atom is 0.0480 e. The largest absolute Gasteiger partial charge is 0.396 e. The van der Waals surface area contributed by atoms with E-state index in [9.17, 15) is 0 Å². The Labute approximate surface area is 67.3 Å². The predicted octanol–water partition coefficient (Wildman–Crippen LogP) is 0.675. The molecule has 0 aliphatic carbocycles. The quantitative estimate of drug-likeness (QED) is 0.543. The third-order valence-corrected chi connectivity index (χ3v) is 3.09. The Morgan fingerprint density at radius 3 is 2.55 bits per heavy atom. The van der Waals surface area contributed by atoms with E-state index in [-0.39, 0.29) is 11.1 Å². The van der Waals surface area contributed by atoms with E-state index in [0.29, 0.717) is 12.5 Å². The Bertz CT molecular complexity index is 214. The number of rotatable bonds is 1. The molecule has 2 N–H and O–H groups in total. The van der Waals surface area contributed by atoms with Crippen LogP contribution in [0.2, 0.25) is 0 Å². The molecule has 62 valence electrons. The summed E-state index contributed by atoms with van der Waals surface area (Å²) in [7, 11) is 0. The van der Waals surface area contributed by atoms with Crippen molar-refractivity contribution >= 4 is 0 Å². The lowest BCUT2D eigenvalue weighted by Gasteiger charge is -2.25. The molecule has 0 spiro atoms. The molecule has 1 fully saturated rings. The molecule has 2 aliphatic heterocycles. The molecule has 0 saturated carbocycles. The van der Waals surface area contributed by atoms with Gasteiger partial charge in [0, 0.05) is 23.6 Å². The van der Waals surface area contributed by atoms with Gasteiger partial charge in [-0.25, -0.2) is 0 Å². The van der Waals surface area contributed by atoms with E-state index in [0.717, 1.165) is 6.42 Å². The van der Waals surface area contributed by atoms with Gasteiger partial charge in [-0.3, -0.25) is 5.32 Å². The van der Waals surface area contributed by atoms with Crippen LogP contribution in [0.15, 0.2) is 12.2 Å². The lowest BCUT2D eigenvalue weighted by Crippen LogP contribution is -2.42. The van der Waals surface area contributed by atoms with Gasteiger partial charge in [-0.05, 0) is 20.3 Å². The molecule has 0 amide bonds. The Hall–Kier alpha value is -0.340. The van der Waals surface area contributed by atoms with E-state index in [4.69, 9.17) is 5.11 Å². The van der Waals surface area contributed by atoms with Crippen LogP contribution in [0.4, 0.5) is 0 Å². The third kappa shape index (κ3) is 0.861. The molecule has 2 bridgehead atoms. The zero-order chi connectivity index (χ0) is 8.11. The van der Waals surface area contributed by atoms with Crippen molar-refractivity contribution in [2.75, 3.05) is 6.61 Å². The summed E-state index contributed by atoms with van der Waals surface area (Å²) in [6.07, 6.45) is 5.48. The number of aliphatic hydroxyl groups is 1. The molecule has 2 nitrogen and oxygen atoms in total. The lowest BCUT2D eigenvalue weighted by molar-refractivity contribution is 0.192. The summed E-state index contributed by atoms with van der Waals surface area (Å²) in [6, 6.07) is 0. The standard InChI is InChI=1S/C9H15NO/c1-8-3-4-9(2,10-8)7(5-8)6-11/h3-4,7,10-11H,5-6H2,1-2H3/t7-,8-,9+/m0/s1. The van der Waals surface area contributed by atoms with Crippen LogP contribution in [0.3, 0.4) is 0 Å². The van der Waals surface area contributed by atoms with Crippen LogP contribution < -0.4 is 5.32 Å². The first kappa shape index (κ1) is 7.32. The maximum absolute atomic E-state index is 9.09. The van der Waals surface area contributed by atoms with E-state index in [1.54, 1.807) is 0 Å². The Balaban J connectivity index is 2.30. The van der Waals surface area contributed by atoms with Crippen molar-refractivity contribution in [1.29, 1.82) is 0 Å². The molecule has 1 saturated heterocycles. The Morgan fingerprint density at radius 1 is 1.55 bits per heavy atom. The molecule has 0 radical (unpaired) electrons. The normalized spacial score (nSPS) is 53.9. The summed E-state index contributed by atoms with van der Waals surface area (Å²) in [5.41, 5.74) is 0.214. The van der Waals surface area contributed by atoms with E-state index < -0.39 is 0 Å². The fourth-order valence-corrected chi connectivity index (χ4v) is 2.39. The van der Waals surface area contributed by atoms with Crippen LogP contribution >= 0.6 is 0 Å². The van der Waals surface area contributed by atoms with Gasteiger partial charge in [0.2, 0.25) is 0 Å². The minimum atomic E-state index is 0.0590. The first-order valence-corrected chi connectivity index (χ1v) is 4.19. The van der Waals surface area contributed by atoms with Gasteiger partial charge in [-0.1, -0.05) is 12.2 Å². The number of fused-ring (bicyclic) bond motifs is 2. The van der Waals surface area contributed by atoms with Crippen LogP contribution in [0, 0.1) is 5.92 Å². The predicted molar refractivity (Wildman–Crippen MR) is 44.3 cm³/mol. The second kappa shape index (κ2) is 1.87. The molecule has 0 aromatic heterocycles. The molecule has 2 heteroatoms. The van der Waals surface area contributed by atoms with Crippen LogP contribution in [-0.2, 0) is 0 Å². The third-order valence-electron chi connectivity index (χ3n) is 3.09. The van der Waals surface area contributed by atoms with E-state index in [2.05, 4.69) is 31.3 Å². The molecule has 11 heavy (non-hydrogen) atoms. The fourth-order valence-electron chi connectivity index (χ4n) is 2.39. The summed E-state index contributed by atoms with van der Waals surface area (Å²) in [5.74, 6) is 0.400. The van der Waals surface area contributed by atoms with Gasteiger partial charge in [0.05, 0.1) is 0 Å². The maximum atomic E-state index is 9.09. The van der Waals surface area contributed by atoms with Gasteiger partial charge in [0.15, 0.2) is 0 Å². The van der Waals surface area contributed by atoms with Crippen molar-refractivity contribution in [3.05, 3.63) is 12.2 Å². The van der Waals surface area contributed by atoms with Crippen molar-refractivity contribution < 1.29 is 5.11 Å². The highest BCUT2D eigenvalue weighted by Gasteiger charge is 2.50. The highest BCUT2D eigenvalue weighted by Crippen LogP contribution is 2.42. The summed E-state index contributed by atoms with van der Waals surface area (Å²) in [6.45, 7) is 4.64. The van der Waals surface area contributed by atoms with Crippen molar-refractivity contribution in [2.24, 2.45) is 5.92 Å². The summed E-state index contributed by atoms with van der Waals surface area (Å²) >= 11 is 0. The molecular formula is C9H15NO. The van der Waals surface area contributed by atoms with E-state index in [1.807, 2.05) is 0 Å². The zero-order valence-electron chi connectivity index (χ0n) is 7.09. The molecule has 2 aliphatic rings. The minimum Gasteiger partial charge on any atom is -0.396 e. The molecular weight excluding hydrogens is 138 g/mol. The van der Waals surface area contributed by atoms with Crippen LogP contribution in [-0.4, -0.2) is 22.8 Å². The highest BCUT2D eigenvalue weighted by atomic mass is 16.3. The molecule has 3 atom stereocenters. The SMILES string of the molecule is C[C@@]12C=C[C@@](C)(N1)[C@H](CO)C2. The minimum absolute atomic E-state index is 0.0590. The van der Waals surface area contributed by atoms with E-state index in [1.165, 1.54) is 0 Å². The lowest BCUT2D eigenvalue weighted by atomic mass is 9.81. The smallest absolute Gasteiger partial charge is 0.0480 e. The van der Waals surface area contributed by atoms with Gasteiger partial charge >= 0.3 is 0 Å². The van der Waals surface area contributed by atoms with Gasteiger partial charge in [0.1, 0.15) is 0 Å². The second-order valence-corrected chi connectivity index (χ2v) is 4.24. The number of nitrogens with one attached hydrogen (secondary N) is 1. The number of aliphatic hydroxyl groups excluding tert-OH is 1. The van der Waals surface area contributed by atoms with Crippen LogP contribution in [0.5, 0.6) is 0 Å². The first-order chi connectivity index (χ1) is 5.08. The topological polar surface area (TPSA) is 32.3 Å². The molecule has 0 aromatic carbocycles. The average molecular weight is 153 g/mol. The van der Waals surface area contributed by atoms with Gasteiger partial charge in [-0.15, -0.1) is 0 Å². The summed E-state index contributed by atoms with van der Waals surface area (Å²) < 4.78 is 0. The highest BCUT2D eigenvalue weighted by molar-refractivity contribution is 5.30. The fraction of sp³-hybridized carbons (Fsp3) is 0.778. The van der Waals surface area contributed by atoms with E-state index >= 15 is 0 Å². The van der Waals surface area contributed by atoms with Crippen molar-refractivity contribution in [3.63, 3.8) is 0 Å². The Morgan fingerprint density at radius 2 is 2.27 bits per heavy atom. The van der Waals surface area contributed by atoms with Crippen molar-refractivity contribution in [2.45, 2.75) is 31.3 Å². The zero-order valence-corrected chi connectivity index (χ0v) is 7.09. The molecule has 2 heterocycles.